The van der Waals surface area contributed by atoms with Crippen molar-refractivity contribution in [2.45, 2.75) is 0 Å². The molecule has 0 spiro atoms. The Morgan fingerprint density at radius 3 is 2.50 bits per heavy atom. The molecular weight excluding hydrogens is 342 g/mol. The lowest BCUT2D eigenvalue weighted by atomic mass is 10.2. The summed E-state index contributed by atoms with van der Waals surface area (Å²) in [5.74, 6) is -0.329. The van der Waals surface area contributed by atoms with E-state index in [-0.39, 0.29) is 16.5 Å². The van der Waals surface area contributed by atoms with Crippen molar-refractivity contribution in [2.75, 3.05) is 5.32 Å². The first-order valence-corrected chi connectivity index (χ1v) is 6.77. The maximum Gasteiger partial charge on any atom is 0.257 e. The molecule has 7 heteroatoms. The molecule has 5 nitrogen and oxygen atoms in total. The summed E-state index contributed by atoms with van der Waals surface area (Å²) in [6, 6.07) is 7.88. The van der Waals surface area contributed by atoms with Gasteiger partial charge in [-0.2, -0.15) is 0 Å². The van der Waals surface area contributed by atoms with Crippen molar-refractivity contribution in [3.63, 3.8) is 0 Å². The second-order valence-corrected chi connectivity index (χ2v) is 5.25. The van der Waals surface area contributed by atoms with Gasteiger partial charge in [-0.1, -0.05) is 12.2 Å². The fourth-order valence-electron chi connectivity index (χ4n) is 1.52. The SMILES string of the molecule is NC(=S)c1ccc(NC(=O)c2ccc(=O)[nH]c2)c(Br)c1. The summed E-state index contributed by atoms with van der Waals surface area (Å²) >= 11 is 8.22. The molecule has 1 heterocycles. The number of hydrogen-bond acceptors (Lipinski definition) is 3. The summed E-state index contributed by atoms with van der Waals surface area (Å²) in [5, 5.41) is 2.72. The number of aromatic nitrogens is 1. The normalized spacial score (nSPS) is 10.1. The van der Waals surface area contributed by atoms with Crippen LogP contribution in [0.15, 0.2) is 45.8 Å². The number of nitrogens with two attached hydrogens (primary N) is 1. The molecule has 0 atom stereocenters. The third-order valence-corrected chi connectivity index (χ3v) is 3.44. The number of H-pyrrole nitrogens is 1. The van der Waals surface area contributed by atoms with E-state index in [9.17, 15) is 9.59 Å². The average Bonchev–Trinajstić information content (AvgIpc) is 2.41. The van der Waals surface area contributed by atoms with Gasteiger partial charge in [-0.15, -0.1) is 0 Å². The maximum absolute atomic E-state index is 12.0. The van der Waals surface area contributed by atoms with Gasteiger partial charge < -0.3 is 16.0 Å². The Morgan fingerprint density at radius 2 is 1.95 bits per heavy atom. The number of benzene rings is 1. The molecule has 0 aliphatic heterocycles. The van der Waals surface area contributed by atoms with E-state index in [1.807, 2.05) is 0 Å². The molecule has 0 fully saturated rings. The average molecular weight is 352 g/mol. The first-order chi connectivity index (χ1) is 9.47. The molecule has 0 unspecified atom stereocenters. The molecule has 2 rings (SSSR count). The lowest BCUT2D eigenvalue weighted by Gasteiger charge is -2.08. The second-order valence-electron chi connectivity index (χ2n) is 3.95. The van der Waals surface area contributed by atoms with Crippen molar-refractivity contribution in [2.24, 2.45) is 5.73 Å². The van der Waals surface area contributed by atoms with Crippen LogP contribution in [-0.4, -0.2) is 15.9 Å². The summed E-state index contributed by atoms with van der Waals surface area (Å²) in [7, 11) is 0. The molecule has 1 amide bonds. The van der Waals surface area contributed by atoms with Crippen molar-refractivity contribution in [1.29, 1.82) is 0 Å². The number of carbonyl (C=O) groups is 1. The topological polar surface area (TPSA) is 88.0 Å². The van der Waals surface area contributed by atoms with E-state index >= 15 is 0 Å². The molecule has 0 bridgehead atoms. The minimum atomic E-state index is -0.329. The van der Waals surface area contributed by atoms with Gasteiger partial charge in [0.1, 0.15) is 4.99 Å². The fourth-order valence-corrected chi connectivity index (χ4v) is 2.12. The van der Waals surface area contributed by atoms with Crippen LogP contribution in [0.25, 0.3) is 0 Å². The lowest BCUT2D eigenvalue weighted by Crippen LogP contribution is -2.15. The highest BCUT2D eigenvalue weighted by Crippen LogP contribution is 2.24. The molecule has 0 saturated carbocycles. The first kappa shape index (κ1) is 14.4. The molecular formula is C13H10BrN3O2S. The number of carbonyl (C=O) groups excluding carboxylic acids is 1. The van der Waals surface area contributed by atoms with Gasteiger partial charge in [-0.3, -0.25) is 9.59 Å². The molecule has 4 N–H and O–H groups in total. The number of rotatable bonds is 3. The summed E-state index contributed by atoms with van der Waals surface area (Å²) in [6.45, 7) is 0. The van der Waals surface area contributed by atoms with E-state index in [2.05, 4.69) is 26.2 Å². The molecule has 1 aromatic carbocycles. The number of aromatic amines is 1. The molecule has 2 aromatic rings. The predicted molar refractivity (Wildman–Crippen MR) is 85.0 cm³/mol. The number of anilines is 1. The smallest absolute Gasteiger partial charge is 0.257 e. The summed E-state index contributed by atoms with van der Waals surface area (Å²) < 4.78 is 0.667. The fraction of sp³-hybridized carbons (Fsp3) is 0. The quantitative estimate of drug-likeness (QED) is 0.738. The highest BCUT2D eigenvalue weighted by atomic mass is 79.9. The molecule has 0 aliphatic carbocycles. The van der Waals surface area contributed by atoms with E-state index in [4.69, 9.17) is 18.0 Å². The van der Waals surface area contributed by atoms with Crippen LogP contribution in [0.4, 0.5) is 5.69 Å². The Balaban J connectivity index is 2.21. The zero-order chi connectivity index (χ0) is 14.7. The van der Waals surface area contributed by atoms with Crippen LogP contribution in [0.3, 0.4) is 0 Å². The largest absolute Gasteiger partial charge is 0.389 e. The van der Waals surface area contributed by atoms with Gasteiger partial charge in [0.05, 0.1) is 11.3 Å². The minimum absolute atomic E-state index is 0.261. The summed E-state index contributed by atoms with van der Waals surface area (Å²) in [6.07, 6.45) is 1.36. The molecule has 20 heavy (non-hydrogen) atoms. The van der Waals surface area contributed by atoms with E-state index in [0.717, 1.165) is 0 Å². The van der Waals surface area contributed by atoms with Crippen molar-refractivity contribution in [3.8, 4) is 0 Å². The van der Waals surface area contributed by atoms with E-state index in [1.165, 1.54) is 18.3 Å². The highest BCUT2D eigenvalue weighted by molar-refractivity contribution is 9.10. The zero-order valence-corrected chi connectivity index (χ0v) is 12.5. The lowest BCUT2D eigenvalue weighted by molar-refractivity contribution is 0.102. The van der Waals surface area contributed by atoms with Gasteiger partial charge in [0.15, 0.2) is 0 Å². The third kappa shape index (κ3) is 3.31. The van der Waals surface area contributed by atoms with Gasteiger partial charge in [0, 0.05) is 22.3 Å². The Labute approximate surface area is 128 Å². The Kier molecular flexibility index (Phi) is 4.31. The molecule has 1 aromatic heterocycles. The monoisotopic (exact) mass is 351 g/mol. The number of halogens is 1. The van der Waals surface area contributed by atoms with E-state index < -0.39 is 0 Å². The maximum atomic E-state index is 12.0. The Bertz CT molecular complexity index is 722. The van der Waals surface area contributed by atoms with E-state index in [0.29, 0.717) is 21.3 Å². The number of nitrogens with one attached hydrogen (secondary N) is 2. The zero-order valence-electron chi connectivity index (χ0n) is 10.1. The Hall–Kier alpha value is -1.99. The van der Waals surface area contributed by atoms with Gasteiger partial charge in [0.2, 0.25) is 5.56 Å². The number of thiocarbonyl (C=S) groups is 1. The van der Waals surface area contributed by atoms with Gasteiger partial charge in [-0.25, -0.2) is 0 Å². The van der Waals surface area contributed by atoms with Crippen LogP contribution in [0, 0.1) is 0 Å². The standard InChI is InChI=1S/C13H10BrN3O2S/c14-9-5-7(12(15)20)1-3-10(9)17-13(19)8-2-4-11(18)16-6-8/h1-6H,(H2,15,20)(H,16,18)(H,17,19). The summed E-state index contributed by atoms with van der Waals surface area (Å²) in [4.78, 5) is 25.7. The first-order valence-electron chi connectivity index (χ1n) is 5.57. The predicted octanol–water partition coefficient (Wildman–Crippen LogP) is 2.02. The van der Waals surface area contributed by atoms with Crippen molar-refractivity contribution >= 4 is 44.7 Å². The van der Waals surface area contributed by atoms with Crippen LogP contribution < -0.4 is 16.6 Å². The third-order valence-electron chi connectivity index (χ3n) is 2.55. The van der Waals surface area contributed by atoms with Gasteiger partial charge in [0.25, 0.3) is 5.91 Å². The molecule has 0 saturated heterocycles. The highest BCUT2D eigenvalue weighted by Gasteiger charge is 2.09. The van der Waals surface area contributed by atoms with Crippen molar-refractivity contribution < 1.29 is 4.79 Å². The van der Waals surface area contributed by atoms with Gasteiger partial charge in [-0.05, 0) is 40.2 Å². The number of pyridine rings is 1. The number of amides is 1. The van der Waals surface area contributed by atoms with Crippen LogP contribution in [-0.2, 0) is 0 Å². The van der Waals surface area contributed by atoms with Crippen LogP contribution in [0.1, 0.15) is 15.9 Å². The van der Waals surface area contributed by atoms with Crippen LogP contribution in [0.2, 0.25) is 0 Å². The number of hydrogen-bond donors (Lipinski definition) is 3. The van der Waals surface area contributed by atoms with Crippen molar-refractivity contribution in [1.82, 2.24) is 4.98 Å². The minimum Gasteiger partial charge on any atom is -0.389 e. The molecule has 102 valence electrons. The van der Waals surface area contributed by atoms with Crippen LogP contribution in [0.5, 0.6) is 0 Å². The van der Waals surface area contributed by atoms with Crippen molar-refractivity contribution in [3.05, 3.63) is 62.5 Å². The van der Waals surface area contributed by atoms with Crippen LogP contribution >= 0.6 is 28.1 Å². The molecule has 0 radical (unpaired) electrons. The summed E-state index contributed by atoms with van der Waals surface area (Å²) in [5.41, 5.74) is 6.91. The van der Waals surface area contributed by atoms with Gasteiger partial charge >= 0.3 is 0 Å². The molecule has 0 aliphatic rings. The Morgan fingerprint density at radius 1 is 1.25 bits per heavy atom. The van der Waals surface area contributed by atoms with E-state index in [1.54, 1.807) is 18.2 Å². The second kappa shape index (κ2) is 5.98.